The zero-order chi connectivity index (χ0) is 18.3. The van der Waals surface area contributed by atoms with Crippen LogP contribution in [0.5, 0.6) is 0 Å². The fourth-order valence-corrected chi connectivity index (χ4v) is 4.46. The van der Waals surface area contributed by atoms with Crippen LogP contribution in [0.25, 0.3) is 10.2 Å². The summed E-state index contributed by atoms with van der Waals surface area (Å²) in [6, 6.07) is 6.37. The third kappa shape index (κ3) is 2.82. The summed E-state index contributed by atoms with van der Waals surface area (Å²) in [5, 5.41) is 0.455. The molecule has 1 aliphatic rings. The largest absolute Gasteiger partial charge is 0.338 e. The van der Waals surface area contributed by atoms with E-state index in [2.05, 4.69) is 4.98 Å². The van der Waals surface area contributed by atoms with E-state index in [0.29, 0.717) is 26.2 Å². The second-order valence-electron chi connectivity index (χ2n) is 6.50. The highest BCUT2D eigenvalue weighted by Gasteiger charge is 2.25. The summed E-state index contributed by atoms with van der Waals surface area (Å²) in [7, 11) is 0. The molecule has 4 rings (SSSR count). The molecule has 26 heavy (non-hydrogen) atoms. The van der Waals surface area contributed by atoms with Gasteiger partial charge < -0.3 is 4.90 Å². The average Bonchev–Trinajstić information content (AvgIpc) is 3.27. The Hall–Kier alpha value is -2.54. The van der Waals surface area contributed by atoms with Crippen LogP contribution < -0.4 is 5.56 Å². The summed E-state index contributed by atoms with van der Waals surface area (Å²) >= 11 is 1.26. The molecule has 0 radical (unpaired) electrons. The minimum Gasteiger partial charge on any atom is -0.338 e. The Morgan fingerprint density at radius 2 is 2.00 bits per heavy atom. The lowest BCUT2D eigenvalue weighted by Crippen LogP contribution is -2.27. The Morgan fingerprint density at radius 1 is 1.27 bits per heavy atom. The zero-order valence-electron chi connectivity index (χ0n) is 14.4. The van der Waals surface area contributed by atoms with Gasteiger partial charge in [0.1, 0.15) is 10.6 Å². The van der Waals surface area contributed by atoms with Gasteiger partial charge in [-0.3, -0.25) is 14.2 Å². The number of nitrogens with zero attached hydrogens (tertiary/aromatic N) is 3. The number of halogens is 1. The second kappa shape index (κ2) is 6.64. The first-order chi connectivity index (χ1) is 12.6. The van der Waals surface area contributed by atoms with Crippen molar-refractivity contribution in [3.63, 3.8) is 0 Å². The maximum Gasteiger partial charge on any atom is 0.264 e. The lowest BCUT2D eigenvalue weighted by molar-refractivity contribution is 0.0797. The molecule has 3 aromatic rings. The first-order valence-electron chi connectivity index (χ1n) is 8.57. The van der Waals surface area contributed by atoms with Gasteiger partial charge in [0.05, 0.1) is 23.1 Å². The summed E-state index contributed by atoms with van der Waals surface area (Å²) in [5.41, 5.74) is 0.853. The highest BCUT2D eigenvalue weighted by atomic mass is 32.1. The molecule has 1 amide bonds. The molecule has 1 fully saturated rings. The van der Waals surface area contributed by atoms with Crippen molar-refractivity contribution in [1.82, 2.24) is 14.5 Å². The van der Waals surface area contributed by atoms with E-state index in [4.69, 9.17) is 0 Å². The number of aryl methyl sites for hydroxylation is 1. The van der Waals surface area contributed by atoms with Crippen LogP contribution in [0.3, 0.4) is 0 Å². The third-order valence-electron chi connectivity index (χ3n) is 4.80. The van der Waals surface area contributed by atoms with Crippen LogP contribution >= 0.6 is 11.3 Å². The molecule has 0 N–H and O–H groups in total. The van der Waals surface area contributed by atoms with E-state index in [-0.39, 0.29) is 23.8 Å². The van der Waals surface area contributed by atoms with Crippen molar-refractivity contribution in [1.29, 1.82) is 0 Å². The quantitative estimate of drug-likeness (QED) is 0.711. The van der Waals surface area contributed by atoms with Crippen LogP contribution in [0.1, 0.15) is 33.6 Å². The predicted molar refractivity (Wildman–Crippen MR) is 99.3 cm³/mol. The highest BCUT2D eigenvalue weighted by Crippen LogP contribution is 2.29. The lowest BCUT2D eigenvalue weighted by Gasteiger charge is -2.14. The Bertz CT molecular complexity index is 1050. The number of fused-ring (bicyclic) bond motifs is 1. The Labute approximate surface area is 153 Å². The summed E-state index contributed by atoms with van der Waals surface area (Å²) in [4.78, 5) is 32.9. The third-order valence-corrected chi connectivity index (χ3v) is 5.99. The van der Waals surface area contributed by atoms with Crippen molar-refractivity contribution in [2.45, 2.75) is 26.3 Å². The van der Waals surface area contributed by atoms with Crippen molar-refractivity contribution in [3.05, 3.63) is 62.8 Å². The summed E-state index contributed by atoms with van der Waals surface area (Å²) < 4.78 is 15.3. The molecule has 0 unspecified atom stereocenters. The topological polar surface area (TPSA) is 55.2 Å². The lowest BCUT2D eigenvalue weighted by atomic mass is 10.2. The monoisotopic (exact) mass is 371 g/mol. The molecular formula is C19H18FN3O2S. The molecule has 0 aliphatic carbocycles. The number of hydrogen-bond donors (Lipinski definition) is 0. The van der Waals surface area contributed by atoms with Crippen LogP contribution in [-0.2, 0) is 6.54 Å². The summed E-state index contributed by atoms with van der Waals surface area (Å²) in [6.45, 7) is 3.42. The number of likely N-dealkylation sites (tertiary alicyclic amines) is 1. The van der Waals surface area contributed by atoms with Crippen molar-refractivity contribution < 1.29 is 9.18 Å². The number of carbonyl (C=O) groups excluding carboxylic acids is 1. The number of carbonyl (C=O) groups is 1. The van der Waals surface area contributed by atoms with Gasteiger partial charge in [-0.1, -0.05) is 18.2 Å². The molecule has 1 aromatic carbocycles. The van der Waals surface area contributed by atoms with Gasteiger partial charge in [0.25, 0.3) is 11.5 Å². The molecule has 0 bridgehead atoms. The summed E-state index contributed by atoms with van der Waals surface area (Å²) in [6.07, 6.45) is 3.46. The Morgan fingerprint density at radius 3 is 2.73 bits per heavy atom. The van der Waals surface area contributed by atoms with Crippen molar-refractivity contribution >= 4 is 27.5 Å². The normalized spacial score (nSPS) is 14.3. The van der Waals surface area contributed by atoms with E-state index in [1.54, 1.807) is 25.1 Å². The zero-order valence-corrected chi connectivity index (χ0v) is 15.2. The maximum absolute atomic E-state index is 13.9. The minimum atomic E-state index is -0.355. The van der Waals surface area contributed by atoms with Gasteiger partial charge in [-0.2, -0.15) is 0 Å². The number of aromatic nitrogens is 2. The van der Waals surface area contributed by atoms with Crippen LogP contribution in [0.2, 0.25) is 0 Å². The molecule has 0 spiro atoms. The molecule has 3 heterocycles. The molecule has 0 saturated carbocycles. The van der Waals surface area contributed by atoms with Crippen molar-refractivity contribution in [2.75, 3.05) is 13.1 Å². The van der Waals surface area contributed by atoms with Crippen LogP contribution in [0.4, 0.5) is 4.39 Å². The smallest absolute Gasteiger partial charge is 0.264 e. The second-order valence-corrected chi connectivity index (χ2v) is 7.50. The van der Waals surface area contributed by atoms with Crippen LogP contribution in [0.15, 0.2) is 35.4 Å². The molecule has 134 valence electrons. The van der Waals surface area contributed by atoms with Gasteiger partial charge in [0.15, 0.2) is 0 Å². The fourth-order valence-electron chi connectivity index (χ4n) is 3.35. The standard InChI is InChI=1S/C19H18FN3O2S/c1-12-15-17(26-16(12)19(25)22-8-4-5-9-22)21-11-23(18(15)24)10-13-6-2-3-7-14(13)20/h2-3,6-7,11H,4-5,8-10H2,1H3. The van der Waals surface area contributed by atoms with Crippen molar-refractivity contribution in [3.8, 4) is 0 Å². The van der Waals surface area contributed by atoms with E-state index < -0.39 is 0 Å². The highest BCUT2D eigenvalue weighted by molar-refractivity contribution is 7.20. The number of hydrogen-bond acceptors (Lipinski definition) is 4. The number of thiophene rings is 1. The number of amides is 1. The van der Waals surface area contributed by atoms with Crippen LogP contribution in [0, 0.1) is 12.7 Å². The number of benzene rings is 1. The van der Waals surface area contributed by atoms with E-state index in [9.17, 15) is 14.0 Å². The van der Waals surface area contributed by atoms with Crippen LogP contribution in [-0.4, -0.2) is 33.4 Å². The first kappa shape index (κ1) is 16.9. The van der Waals surface area contributed by atoms with Gasteiger partial charge in [-0.15, -0.1) is 11.3 Å². The summed E-state index contributed by atoms with van der Waals surface area (Å²) in [5.74, 6) is -0.380. The molecule has 2 aromatic heterocycles. The van der Waals surface area contributed by atoms with E-state index in [1.165, 1.54) is 28.3 Å². The molecule has 5 nitrogen and oxygen atoms in total. The molecular weight excluding hydrogens is 353 g/mol. The SMILES string of the molecule is Cc1c(C(=O)N2CCCC2)sc2ncn(Cc3ccccc3F)c(=O)c12. The minimum absolute atomic E-state index is 0.0250. The molecule has 0 atom stereocenters. The maximum atomic E-state index is 13.9. The van der Waals surface area contributed by atoms with E-state index in [0.717, 1.165) is 25.9 Å². The van der Waals surface area contributed by atoms with Gasteiger partial charge in [0.2, 0.25) is 0 Å². The Kier molecular flexibility index (Phi) is 4.32. The van der Waals surface area contributed by atoms with Gasteiger partial charge >= 0.3 is 0 Å². The van der Waals surface area contributed by atoms with E-state index in [1.807, 2.05) is 4.90 Å². The number of rotatable bonds is 3. The Balaban J connectivity index is 1.76. The molecule has 1 saturated heterocycles. The van der Waals surface area contributed by atoms with Gasteiger partial charge in [-0.25, -0.2) is 9.37 Å². The van der Waals surface area contributed by atoms with Gasteiger partial charge in [0, 0.05) is 18.7 Å². The first-order valence-corrected chi connectivity index (χ1v) is 9.39. The predicted octanol–water partition coefficient (Wildman–Crippen LogP) is 3.19. The molecule has 7 heteroatoms. The van der Waals surface area contributed by atoms with E-state index >= 15 is 0 Å². The fraction of sp³-hybridized carbons (Fsp3) is 0.316. The van der Waals surface area contributed by atoms with Gasteiger partial charge in [-0.05, 0) is 31.4 Å². The average molecular weight is 371 g/mol. The molecule has 1 aliphatic heterocycles. The van der Waals surface area contributed by atoms with Crippen molar-refractivity contribution in [2.24, 2.45) is 0 Å².